The fourth-order valence-corrected chi connectivity index (χ4v) is 3.30. The van der Waals surface area contributed by atoms with Gasteiger partial charge in [0.15, 0.2) is 5.76 Å². The minimum absolute atomic E-state index is 0.0750. The molecule has 0 saturated carbocycles. The molecule has 0 bridgehead atoms. The molecule has 150 valence electrons. The van der Waals surface area contributed by atoms with E-state index in [1.807, 2.05) is 17.0 Å². The summed E-state index contributed by atoms with van der Waals surface area (Å²) in [6.07, 6.45) is 2.70. The normalized spacial score (nSPS) is 15.1. The molecule has 0 aliphatic carbocycles. The standard InChI is InChI=1S/C21H27N3O4/c1-27-18-7-5-17(6-8-18)16-23-11-3-12-24(14-13-23)20(25)9-10-22-21(26)19-4-2-15-28-19/h2,4-8,15H,3,9-14,16H2,1H3,(H,22,26). The molecule has 2 aromatic rings. The number of benzene rings is 1. The number of hydrogen-bond acceptors (Lipinski definition) is 5. The maximum atomic E-state index is 12.5. The van der Waals surface area contributed by atoms with Crippen molar-refractivity contribution in [2.75, 3.05) is 39.8 Å². The summed E-state index contributed by atoms with van der Waals surface area (Å²) in [6, 6.07) is 11.4. The third-order valence-corrected chi connectivity index (χ3v) is 4.88. The van der Waals surface area contributed by atoms with Crippen molar-refractivity contribution in [3.63, 3.8) is 0 Å². The Balaban J connectivity index is 1.41. The van der Waals surface area contributed by atoms with E-state index in [0.717, 1.165) is 38.3 Å². The number of ether oxygens (including phenoxy) is 1. The fraction of sp³-hybridized carbons (Fsp3) is 0.429. The highest BCUT2D eigenvalue weighted by atomic mass is 16.5. The summed E-state index contributed by atoms with van der Waals surface area (Å²) in [5.41, 5.74) is 1.24. The van der Waals surface area contributed by atoms with E-state index in [1.165, 1.54) is 11.8 Å². The van der Waals surface area contributed by atoms with Crippen LogP contribution < -0.4 is 10.1 Å². The SMILES string of the molecule is COc1ccc(CN2CCCN(C(=O)CCNC(=O)c3ccco3)CC2)cc1. The second-order valence-corrected chi connectivity index (χ2v) is 6.84. The van der Waals surface area contributed by atoms with Crippen molar-refractivity contribution >= 4 is 11.8 Å². The summed E-state index contributed by atoms with van der Waals surface area (Å²) in [7, 11) is 1.66. The molecule has 3 rings (SSSR count). The van der Waals surface area contributed by atoms with Crippen LogP contribution in [0.25, 0.3) is 0 Å². The summed E-state index contributed by atoms with van der Waals surface area (Å²) < 4.78 is 10.2. The predicted molar refractivity (Wildman–Crippen MR) is 105 cm³/mol. The van der Waals surface area contributed by atoms with Crippen molar-refractivity contribution in [1.82, 2.24) is 15.1 Å². The van der Waals surface area contributed by atoms with E-state index in [2.05, 4.69) is 22.3 Å². The molecule has 0 unspecified atom stereocenters. The third kappa shape index (κ3) is 5.60. The first-order valence-corrected chi connectivity index (χ1v) is 9.60. The predicted octanol–water partition coefficient (Wildman–Crippen LogP) is 2.14. The van der Waals surface area contributed by atoms with Crippen molar-refractivity contribution in [3.8, 4) is 5.75 Å². The molecule has 7 nitrogen and oxygen atoms in total. The van der Waals surface area contributed by atoms with Crippen molar-refractivity contribution in [2.24, 2.45) is 0 Å². The van der Waals surface area contributed by atoms with Gasteiger partial charge in [-0.15, -0.1) is 0 Å². The Hall–Kier alpha value is -2.80. The molecule has 1 N–H and O–H groups in total. The van der Waals surface area contributed by atoms with Crippen LogP contribution in [-0.4, -0.2) is 61.4 Å². The Kier molecular flexibility index (Phi) is 7.08. The molecular weight excluding hydrogens is 358 g/mol. The van der Waals surface area contributed by atoms with E-state index in [1.54, 1.807) is 19.2 Å². The monoisotopic (exact) mass is 385 g/mol. The molecule has 1 aliphatic heterocycles. The quantitative estimate of drug-likeness (QED) is 0.790. The van der Waals surface area contributed by atoms with E-state index in [4.69, 9.17) is 9.15 Å². The van der Waals surface area contributed by atoms with Crippen molar-refractivity contribution in [2.45, 2.75) is 19.4 Å². The van der Waals surface area contributed by atoms with Crippen molar-refractivity contribution in [3.05, 3.63) is 54.0 Å². The maximum Gasteiger partial charge on any atom is 0.286 e. The van der Waals surface area contributed by atoms with Gasteiger partial charge in [0.2, 0.25) is 5.91 Å². The lowest BCUT2D eigenvalue weighted by Crippen LogP contribution is -2.37. The minimum Gasteiger partial charge on any atom is -0.497 e. The third-order valence-electron chi connectivity index (χ3n) is 4.88. The molecular formula is C21H27N3O4. The average Bonchev–Trinajstić information content (AvgIpc) is 3.16. The average molecular weight is 385 g/mol. The minimum atomic E-state index is -0.292. The lowest BCUT2D eigenvalue weighted by molar-refractivity contribution is -0.130. The topological polar surface area (TPSA) is 75.0 Å². The number of methoxy groups -OCH3 is 1. The molecule has 0 radical (unpaired) electrons. The molecule has 1 fully saturated rings. The zero-order valence-corrected chi connectivity index (χ0v) is 16.2. The molecule has 1 aromatic carbocycles. The zero-order chi connectivity index (χ0) is 19.8. The lowest BCUT2D eigenvalue weighted by atomic mass is 10.2. The number of furan rings is 1. The molecule has 1 aromatic heterocycles. The van der Waals surface area contributed by atoms with Crippen molar-refractivity contribution < 1.29 is 18.7 Å². The Labute approximate surface area is 165 Å². The van der Waals surface area contributed by atoms with Crippen molar-refractivity contribution in [1.29, 1.82) is 0 Å². The second kappa shape index (κ2) is 9.94. The molecule has 2 heterocycles. The van der Waals surface area contributed by atoms with Gasteiger partial charge >= 0.3 is 0 Å². The van der Waals surface area contributed by atoms with Crippen LogP contribution in [0.4, 0.5) is 0 Å². The van der Waals surface area contributed by atoms with Gasteiger partial charge in [0, 0.05) is 45.7 Å². The molecule has 1 saturated heterocycles. The first-order chi connectivity index (χ1) is 13.7. The van der Waals surface area contributed by atoms with Gasteiger partial charge in [0.25, 0.3) is 5.91 Å². The van der Waals surface area contributed by atoms with Crippen LogP contribution in [0.3, 0.4) is 0 Å². The van der Waals surface area contributed by atoms with Gasteiger partial charge < -0.3 is 19.4 Å². The van der Waals surface area contributed by atoms with Gasteiger partial charge in [-0.25, -0.2) is 0 Å². The van der Waals surface area contributed by atoms with Gasteiger partial charge in [0.1, 0.15) is 5.75 Å². The van der Waals surface area contributed by atoms with E-state index in [0.29, 0.717) is 19.5 Å². The summed E-state index contributed by atoms with van der Waals surface area (Å²) >= 11 is 0. The Morgan fingerprint density at radius 1 is 1.11 bits per heavy atom. The maximum absolute atomic E-state index is 12.5. The first-order valence-electron chi connectivity index (χ1n) is 9.60. The van der Waals surface area contributed by atoms with Crippen LogP contribution in [0.5, 0.6) is 5.75 Å². The number of nitrogens with one attached hydrogen (secondary N) is 1. The fourth-order valence-electron chi connectivity index (χ4n) is 3.30. The number of nitrogens with zero attached hydrogens (tertiary/aromatic N) is 2. The van der Waals surface area contributed by atoms with Gasteiger partial charge in [-0.2, -0.15) is 0 Å². The summed E-state index contributed by atoms with van der Waals surface area (Å²) in [5, 5.41) is 2.72. The summed E-state index contributed by atoms with van der Waals surface area (Å²) in [4.78, 5) is 28.6. The van der Waals surface area contributed by atoms with Gasteiger partial charge in [-0.05, 0) is 36.2 Å². The number of amides is 2. The van der Waals surface area contributed by atoms with E-state index in [9.17, 15) is 9.59 Å². The lowest BCUT2D eigenvalue weighted by Gasteiger charge is -2.22. The number of carbonyl (C=O) groups excluding carboxylic acids is 2. The Morgan fingerprint density at radius 2 is 1.93 bits per heavy atom. The zero-order valence-electron chi connectivity index (χ0n) is 16.2. The number of carbonyl (C=O) groups is 2. The largest absolute Gasteiger partial charge is 0.497 e. The van der Waals surface area contributed by atoms with E-state index < -0.39 is 0 Å². The van der Waals surface area contributed by atoms with Crippen LogP contribution in [0, 0.1) is 0 Å². The molecule has 0 spiro atoms. The van der Waals surface area contributed by atoms with E-state index in [-0.39, 0.29) is 17.6 Å². The molecule has 28 heavy (non-hydrogen) atoms. The highest BCUT2D eigenvalue weighted by Gasteiger charge is 2.19. The first kappa shape index (κ1) is 19.9. The van der Waals surface area contributed by atoms with Gasteiger partial charge in [-0.1, -0.05) is 12.1 Å². The van der Waals surface area contributed by atoms with Gasteiger partial charge in [-0.3, -0.25) is 14.5 Å². The molecule has 7 heteroatoms. The van der Waals surface area contributed by atoms with Crippen LogP contribution >= 0.6 is 0 Å². The summed E-state index contributed by atoms with van der Waals surface area (Å²) in [5.74, 6) is 0.900. The molecule has 2 amide bonds. The van der Waals surface area contributed by atoms with Gasteiger partial charge in [0.05, 0.1) is 13.4 Å². The molecule has 0 atom stereocenters. The van der Waals surface area contributed by atoms with Crippen LogP contribution in [0.1, 0.15) is 29.0 Å². The van der Waals surface area contributed by atoms with E-state index >= 15 is 0 Å². The molecule has 1 aliphatic rings. The highest BCUT2D eigenvalue weighted by Crippen LogP contribution is 2.14. The number of rotatable bonds is 7. The summed E-state index contributed by atoms with van der Waals surface area (Å²) in [6.45, 7) is 4.45. The van der Waals surface area contributed by atoms with Crippen LogP contribution in [0.2, 0.25) is 0 Å². The number of hydrogen-bond donors (Lipinski definition) is 1. The highest BCUT2D eigenvalue weighted by molar-refractivity contribution is 5.91. The smallest absolute Gasteiger partial charge is 0.286 e. The van der Waals surface area contributed by atoms with Crippen LogP contribution in [-0.2, 0) is 11.3 Å². The Bertz CT molecular complexity index is 758. The Morgan fingerprint density at radius 3 is 2.64 bits per heavy atom. The van der Waals surface area contributed by atoms with Crippen LogP contribution in [0.15, 0.2) is 47.1 Å². The second-order valence-electron chi connectivity index (χ2n) is 6.84.